The van der Waals surface area contributed by atoms with Crippen LogP contribution in [0.5, 0.6) is 0 Å². The summed E-state index contributed by atoms with van der Waals surface area (Å²) in [4.78, 5) is 184. The van der Waals surface area contributed by atoms with Gasteiger partial charge in [-0.15, -0.1) is 0 Å². The highest BCUT2D eigenvalue weighted by atomic mass is 32.2. The number of imidazole rings is 4. The first kappa shape index (κ1) is 73.4. The average molecular weight is 1400 g/mol. The zero-order chi connectivity index (χ0) is 72.5. The minimum Gasteiger partial charge on any atom is -0.466 e. The molecule has 0 fully saturated rings. The summed E-state index contributed by atoms with van der Waals surface area (Å²) in [5.41, 5.74) is 1.94. The molecule has 0 aromatic carbocycles. The fraction of sp³-hybridized carbons (Fsp3) is 0.339. The Balaban J connectivity index is 0.699. The van der Waals surface area contributed by atoms with Crippen LogP contribution in [0.2, 0.25) is 0 Å². The molecule has 38 heteroatoms. The van der Waals surface area contributed by atoms with Crippen molar-refractivity contribution >= 4 is 128 Å². The third-order valence-corrected chi connectivity index (χ3v) is 15.6. The van der Waals surface area contributed by atoms with E-state index in [-0.39, 0.29) is 163 Å². The van der Waals surface area contributed by atoms with E-state index in [1.165, 1.54) is 99.6 Å². The van der Waals surface area contributed by atoms with Crippen molar-refractivity contribution in [1.82, 2.24) is 77.7 Å². The number of nitrogens with one attached hydrogen (secondary N) is 11. The Morgan fingerprint density at radius 3 is 1.07 bits per heavy atom. The summed E-state index contributed by atoms with van der Waals surface area (Å²) in [5.74, 6) is -5.79. The summed E-state index contributed by atoms with van der Waals surface area (Å²) in [6.45, 7) is 1.97. The fourth-order valence-electron chi connectivity index (χ4n) is 9.82. The van der Waals surface area contributed by atoms with Gasteiger partial charge in [0.2, 0.25) is 35.2 Å². The van der Waals surface area contributed by atoms with Gasteiger partial charge in [-0.1, -0.05) is 11.8 Å². The lowest BCUT2D eigenvalue weighted by Crippen LogP contribution is -2.29. The van der Waals surface area contributed by atoms with Crippen molar-refractivity contribution in [1.29, 1.82) is 0 Å². The number of hydrogen-bond donors (Lipinski definition) is 11. The van der Waals surface area contributed by atoms with Crippen LogP contribution in [-0.4, -0.2) is 171 Å². The molecule has 0 spiro atoms. The minimum absolute atomic E-state index is 0.0332. The molecule has 0 aliphatic rings. The van der Waals surface area contributed by atoms with Crippen LogP contribution < -0.4 is 58.5 Å². The van der Waals surface area contributed by atoms with Gasteiger partial charge in [0.15, 0.2) is 28.4 Å². The van der Waals surface area contributed by atoms with Gasteiger partial charge in [0.1, 0.15) is 22.8 Å². The van der Waals surface area contributed by atoms with Gasteiger partial charge in [0, 0.05) is 170 Å². The van der Waals surface area contributed by atoms with Crippen molar-refractivity contribution in [2.45, 2.75) is 45.4 Å². The fourth-order valence-corrected chi connectivity index (χ4v) is 10.6. The van der Waals surface area contributed by atoms with Crippen LogP contribution in [0.4, 0.5) is 40.2 Å². The maximum atomic E-state index is 13.4. The number of hydrogen-bond acceptors (Lipinski definition) is 19. The van der Waals surface area contributed by atoms with Crippen LogP contribution in [0, 0.1) is 0 Å². The van der Waals surface area contributed by atoms with Crippen LogP contribution in [0.15, 0.2) is 80.0 Å². The molecule has 8 aromatic heterocycles. The molecule has 8 rings (SSSR count). The summed E-state index contributed by atoms with van der Waals surface area (Å²) >= 11 is 0.979. The van der Waals surface area contributed by atoms with Crippen LogP contribution in [0.1, 0.15) is 130 Å². The molecule has 8 heterocycles. The molecule has 0 aliphatic heterocycles. The number of thioether (sulfide) groups is 1. The third-order valence-electron chi connectivity index (χ3n) is 14.7. The standard InChI is InChI=1S/C62H75N23O14S/c1-10-99-49(89)16-23-100-50(90)15-20-67-58(94)42-27-38(31-82(42)6)71-62(98)54-77-45(34-85(54)9)74-48(88)14-19-66-57(93)41-26-37(30-81(41)5)70-60(96)52-75-43(32-83(52)7)72-46(86)12-11-17-64-55(91)39-25-36(29-79(39)3)69-61(97)53-76-44(33-84(53)8)73-47(87)13-18-65-56(92)40-24-35(28-80(40)4)68-59(95)51-63-21-22-78(51)2/h21-22,24-34H,10-20,23H2,1-9H3,(H,64,91)(H,65,92)(H,66,93)(H,67,94)(H,68,95)(H,69,97)(H,70,96)(H,71,98)(H,72,86)(H,73,87)(H,74,88). The van der Waals surface area contributed by atoms with Crippen LogP contribution in [-0.2, 0) is 85.1 Å². The van der Waals surface area contributed by atoms with Gasteiger partial charge in [-0.05, 0) is 37.6 Å². The smallest absolute Gasteiger partial charge is 0.306 e. The lowest BCUT2D eigenvalue weighted by atomic mass is 10.3. The quantitative estimate of drug-likeness (QED) is 0.0212. The second-order valence-electron chi connectivity index (χ2n) is 22.6. The number of rotatable bonds is 32. The van der Waals surface area contributed by atoms with Gasteiger partial charge in [-0.2, -0.15) is 0 Å². The van der Waals surface area contributed by atoms with E-state index in [1.807, 2.05) is 0 Å². The molecular formula is C62H75N23O14S. The maximum absolute atomic E-state index is 13.4. The van der Waals surface area contributed by atoms with Crippen molar-refractivity contribution in [2.24, 2.45) is 56.4 Å². The molecule has 11 amide bonds. The first-order valence-electron chi connectivity index (χ1n) is 30.9. The van der Waals surface area contributed by atoms with E-state index in [0.29, 0.717) is 5.69 Å². The molecule has 0 atom stereocenters. The molecule has 11 N–H and O–H groups in total. The number of carbonyl (C=O) groups is 13. The minimum atomic E-state index is -0.658. The summed E-state index contributed by atoms with van der Waals surface area (Å²) < 4.78 is 16.6. The van der Waals surface area contributed by atoms with Crippen molar-refractivity contribution < 1.29 is 67.1 Å². The molecule has 100 heavy (non-hydrogen) atoms. The topological polar surface area (TPSA) is 454 Å². The Kier molecular flexibility index (Phi) is 24.6. The van der Waals surface area contributed by atoms with Gasteiger partial charge in [0.25, 0.3) is 47.3 Å². The first-order valence-corrected chi connectivity index (χ1v) is 31.9. The Labute approximate surface area is 574 Å². The number of carbonyl (C=O) groups excluding carboxylic acids is 13. The van der Waals surface area contributed by atoms with E-state index in [2.05, 4.69) is 78.4 Å². The molecule has 528 valence electrons. The van der Waals surface area contributed by atoms with Gasteiger partial charge >= 0.3 is 5.97 Å². The third kappa shape index (κ3) is 19.9. The summed E-state index contributed by atoms with van der Waals surface area (Å²) in [6.07, 6.45) is 13.5. The molecule has 0 saturated heterocycles. The largest absolute Gasteiger partial charge is 0.466 e. The van der Waals surface area contributed by atoms with Crippen LogP contribution in [0.25, 0.3) is 0 Å². The summed E-state index contributed by atoms with van der Waals surface area (Å²) in [5, 5.41) is 29.1. The Bertz CT molecular complexity index is 4460. The number of amides is 11. The molecular weight excluding hydrogens is 1320 g/mol. The predicted molar refractivity (Wildman–Crippen MR) is 363 cm³/mol. The van der Waals surface area contributed by atoms with Crippen LogP contribution >= 0.6 is 11.8 Å². The maximum Gasteiger partial charge on any atom is 0.306 e. The normalized spacial score (nSPS) is 10.9. The highest BCUT2D eigenvalue weighted by Gasteiger charge is 2.24. The molecule has 0 radical (unpaired) electrons. The van der Waals surface area contributed by atoms with Crippen molar-refractivity contribution in [2.75, 3.05) is 75.8 Å². The van der Waals surface area contributed by atoms with Crippen molar-refractivity contribution in [3.8, 4) is 0 Å². The lowest BCUT2D eigenvalue weighted by molar-refractivity contribution is -0.142. The number of ether oxygens (including phenoxy) is 1. The van der Waals surface area contributed by atoms with E-state index < -0.39 is 70.9 Å². The highest BCUT2D eigenvalue weighted by molar-refractivity contribution is 8.13. The summed E-state index contributed by atoms with van der Waals surface area (Å²) in [7, 11) is 12.7. The predicted octanol–water partition coefficient (Wildman–Crippen LogP) is 1.98. The Morgan fingerprint density at radius 1 is 0.380 bits per heavy atom. The van der Waals surface area contributed by atoms with E-state index >= 15 is 0 Å². The van der Waals surface area contributed by atoms with E-state index in [4.69, 9.17) is 4.74 Å². The van der Waals surface area contributed by atoms with Crippen LogP contribution in [0.3, 0.4) is 0 Å². The van der Waals surface area contributed by atoms with Gasteiger partial charge in [-0.25, -0.2) is 19.9 Å². The Hall–Kier alpha value is -12.4. The first-order chi connectivity index (χ1) is 47.6. The number of nitrogens with zero attached hydrogens (tertiary/aromatic N) is 12. The zero-order valence-corrected chi connectivity index (χ0v) is 56.8. The molecule has 0 unspecified atom stereocenters. The van der Waals surface area contributed by atoms with Crippen molar-refractivity contribution in [3.05, 3.63) is 126 Å². The molecule has 0 aliphatic carbocycles. The number of aryl methyl sites for hydroxylation is 8. The van der Waals surface area contributed by atoms with Gasteiger partial charge < -0.3 is 99.8 Å². The highest BCUT2D eigenvalue weighted by Crippen LogP contribution is 2.21. The molecule has 0 bridgehead atoms. The molecule has 8 aromatic rings. The number of esters is 1. The zero-order valence-electron chi connectivity index (χ0n) is 56.0. The molecule has 0 saturated carbocycles. The van der Waals surface area contributed by atoms with E-state index in [1.54, 1.807) is 80.3 Å². The van der Waals surface area contributed by atoms with Crippen molar-refractivity contribution in [3.63, 3.8) is 0 Å². The van der Waals surface area contributed by atoms with E-state index in [0.717, 1.165) is 11.8 Å². The second-order valence-corrected chi connectivity index (χ2v) is 23.7. The number of anilines is 7. The Morgan fingerprint density at radius 2 is 0.720 bits per heavy atom. The van der Waals surface area contributed by atoms with Gasteiger partial charge in [0.05, 0.1) is 35.8 Å². The monoisotopic (exact) mass is 1400 g/mol. The SMILES string of the molecule is CCOC(=O)CCSC(=O)CCNC(=O)c1cc(NC(=O)c2nc(NC(=O)CCNC(=O)c3cc(NC(=O)c4nc(NC(=O)CCCNC(=O)c5cc(NC(=O)c6nc(NC(=O)CCNC(=O)c7cc(NC(=O)c8nccn8C)cn7C)cn6C)cn5C)cn4C)cn3C)cn2C)cn1C. The average Bonchev–Trinajstić information content (AvgIpc) is 1.71. The van der Waals surface area contributed by atoms with E-state index in [9.17, 15) is 62.3 Å². The number of aromatic nitrogens is 12. The summed E-state index contributed by atoms with van der Waals surface area (Å²) in [6, 6.07) is 5.81. The van der Waals surface area contributed by atoms with Gasteiger partial charge in [-0.3, -0.25) is 62.3 Å². The molecule has 37 nitrogen and oxygen atoms in total. The lowest BCUT2D eigenvalue weighted by Gasteiger charge is -2.06. The second kappa shape index (κ2) is 33.5.